The highest BCUT2D eigenvalue weighted by atomic mass is 19.1. The fourth-order valence-corrected chi connectivity index (χ4v) is 4.84. The van der Waals surface area contributed by atoms with E-state index < -0.39 is 0 Å². The zero-order chi connectivity index (χ0) is 22.2. The molecule has 2 aliphatic rings. The summed E-state index contributed by atoms with van der Waals surface area (Å²) in [5.41, 5.74) is 2.27. The Morgan fingerprint density at radius 2 is 1.91 bits per heavy atom. The molecule has 0 bridgehead atoms. The van der Waals surface area contributed by atoms with Crippen molar-refractivity contribution >= 4 is 28.5 Å². The number of para-hydroxylation sites is 2. The lowest BCUT2D eigenvalue weighted by atomic mass is 9.99. The van der Waals surface area contributed by atoms with Crippen LogP contribution in [-0.2, 0) is 16.1 Å². The van der Waals surface area contributed by atoms with E-state index in [1.165, 1.54) is 12.1 Å². The number of amides is 2. The lowest BCUT2D eigenvalue weighted by Gasteiger charge is -2.30. The first kappa shape index (κ1) is 20.7. The molecular weight excluding hydrogens is 407 g/mol. The van der Waals surface area contributed by atoms with Crippen molar-refractivity contribution in [1.82, 2.24) is 14.5 Å². The number of nitrogens with zero attached hydrogens (tertiary/aromatic N) is 4. The highest BCUT2D eigenvalue weighted by Gasteiger charge is 2.35. The van der Waals surface area contributed by atoms with Gasteiger partial charge in [-0.2, -0.15) is 0 Å². The van der Waals surface area contributed by atoms with Gasteiger partial charge in [-0.25, -0.2) is 9.37 Å². The minimum atomic E-state index is -0.368. The third-order valence-electron chi connectivity index (χ3n) is 6.72. The highest BCUT2D eigenvalue weighted by molar-refractivity contribution is 5.96. The van der Waals surface area contributed by atoms with Gasteiger partial charge in [-0.1, -0.05) is 25.1 Å². The Hall–Kier alpha value is -3.22. The monoisotopic (exact) mass is 434 g/mol. The summed E-state index contributed by atoms with van der Waals surface area (Å²) < 4.78 is 15.7. The number of carbonyl (C=O) groups is 2. The van der Waals surface area contributed by atoms with Crippen LogP contribution in [0, 0.1) is 11.7 Å². The summed E-state index contributed by atoms with van der Waals surface area (Å²) >= 11 is 0. The number of likely N-dealkylation sites (tertiary alicyclic amines) is 1. The molecule has 2 saturated heterocycles. The maximum Gasteiger partial charge on any atom is 0.242 e. The molecule has 0 spiro atoms. The summed E-state index contributed by atoms with van der Waals surface area (Å²) in [6, 6.07) is 13.9. The fraction of sp³-hybridized carbons (Fsp3) is 0.400. The summed E-state index contributed by atoms with van der Waals surface area (Å²) in [5, 5.41) is 0. The van der Waals surface area contributed by atoms with Crippen LogP contribution in [0.1, 0.15) is 37.9 Å². The molecule has 2 aliphatic heterocycles. The van der Waals surface area contributed by atoms with E-state index in [1.54, 1.807) is 17.0 Å². The first-order valence-electron chi connectivity index (χ1n) is 11.3. The number of halogens is 1. The minimum absolute atomic E-state index is 0.0597. The second kappa shape index (κ2) is 8.37. The number of aromatic nitrogens is 2. The SMILES string of the molecule is CC1CCN(C(=O)Cn2c(C3CC(=O)N(c4cccc(F)c4)C3)nc3ccccc32)CC1. The molecule has 3 aromatic rings. The van der Waals surface area contributed by atoms with Crippen molar-refractivity contribution in [2.45, 2.75) is 38.6 Å². The molecule has 1 aromatic heterocycles. The van der Waals surface area contributed by atoms with Crippen LogP contribution in [0.5, 0.6) is 0 Å². The van der Waals surface area contributed by atoms with Gasteiger partial charge in [0.15, 0.2) is 0 Å². The Morgan fingerprint density at radius 1 is 1.12 bits per heavy atom. The minimum Gasteiger partial charge on any atom is -0.341 e. The summed E-state index contributed by atoms with van der Waals surface area (Å²) in [6.07, 6.45) is 2.35. The van der Waals surface area contributed by atoms with Crippen molar-refractivity contribution in [2.24, 2.45) is 5.92 Å². The van der Waals surface area contributed by atoms with E-state index in [-0.39, 0.29) is 36.5 Å². The molecule has 0 N–H and O–H groups in total. The van der Waals surface area contributed by atoms with E-state index in [9.17, 15) is 14.0 Å². The number of hydrogen-bond acceptors (Lipinski definition) is 3. The first-order valence-corrected chi connectivity index (χ1v) is 11.3. The van der Waals surface area contributed by atoms with E-state index in [2.05, 4.69) is 6.92 Å². The van der Waals surface area contributed by atoms with Crippen molar-refractivity contribution in [3.63, 3.8) is 0 Å². The Kier molecular flexibility index (Phi) is 5.41. The number of piperidine rings is 1. The quantitative estimate of drug-likeness (QED) is 0.625. The fourth-order valence-electron chi connectivity index (χ4n) is 4.84. The van der Waals surface area contributed by atoms with E-state index in [0.29, 0.717) is 18.2 Å². The molecule has 1 atom stereocenters. The summed E-state index contributed by atoms with van der Waals surface area (Å²) in [7, 11) is 0. The third kappa shape index (κ3) is 3.87. The molecule has 6 nitrogen and oxygen atoms in total. The van der Waals surface area contributed by atoms with Gasteiger partial charge in [0.05, 0.1) is 11.0 Å². The smallest absolute Gasteiger partial charge is 0.242 e. The van der Waals surface area contributed by atoms with Crippen LogP contribution in [0.4, 0.5) is 10.1 Å². The molecule has 0 aliphatic carbocycles. The molecular formula is C25H27FN4O2. The maximum absolute atomic E-state index is 13.7. The number of carbonyl (C=O) groups excluding carboxylic acids is 2. The molecule has 166 valence electrons. The van der Waals surface area contributed by atoms with Crippen LogP contribution in [0.25, 0.3) is 11.0 Å². The van der Waals surface area contributed by atoms with Gasteiger partial charge in [0.2, 0.25) is 11.8 Å². The van der Waals surface area contributed by atoms with Gasteiger partial charge in [-0.3, -0.25) is 9.59 Å². The topological polar surface area (TPSA) is 58.4 Å². The van der Waals surface area contributed by atoms with Gasteiger partial charge in [0.1, 0.15) is 18.2 Å². The average molecular weight is 435 g/mol. The van der Waals surface area contributed by atoms with Crippen LogP contribution in [0.3, 0.4) is 0 Å². The predicted octanol–water partition coefficient (Wildman–Crippen LogP) is 3.95. The average Bonchev–Trinajstić information content (AvgIpc) is 3.35. The number of imidazole rings is 1. The van der Waals surface area contributed by atoms with Crippen LogP contribution in [0.15, 0.2) is 48.5 Å². The number of fused-ring (bicyclic) bond motifs is 1. The summed E-state index contributed by atoms with van der Waals surface area (Å²) in [6.45, 7) is 4.44. The van der Waals surface area contributed by atoms with Gasteiger partial charge in [-0.15, -0.1) is 0 Å². The number of anilines is 1. The van der Waals surface area contributed by atoms with Gasteiger partial charge >= 0.3 is 0 Å². The third-order valence-corrected chi connectivity index (χ3v) is 6.72. The summed E-state index contributed by atoms with van der Waals surface area (Å²) in [5.74, 6) is 0.905. The molecule has 32 heavy (non-hydrogen) atoms. The number of rotatable bonds is 4. The zero-order valence-electron chi connectivity index (χ0n) is 18.2. The van der Waals surface area contributed by atoms with Crippen LogP contribution in [0.2, 0.25) is 0 Å². The highest BCUT2D eigenvalue weighted by Crippen LogP contribution is 2.33. The van der Waals surface area contributed by atoms with E-state index in [1.807, 2.05) is 33.7 Å². The molecule has 2 aromatic carbocycles. The number of benzene rings is 2. The number of hydrogen-bond donors (Lipinski definition) is 0. The molecule has 0 radical (unpaired) electrons. The van der Waals surface area contributed by atoms with E-state index >= 15 is 0 Å². The summed E-state index contributed by atoms with van der Waals surface area (Å²) in [4.78, 5) is 34.3. The molecule has 5 rings (SSSR count). The van der Waals surface area contributed by atoms with Gasteiger partial charge in [0.25, 0.3) is 0 Å². The van der Waals surface area contributed by atoms with E-state index in [4.69, 9.17) is 4.98 Å². The molecule has 1 unspecified atom stereocenters. The Morgan fingerprint density at radius 3 is 2.69 bits per heavy atom. The van der Waals surface area contributed by atoms with Gasteiger partial charge in [-0.05, 0) is 49.1 Å². The largest absolute Gasteiger partial charge is 0.341 e. The van der Waals surface area contributed by atoms with Crippen LogP contribution < -0.4 is 4.90 Å². The van der Waals surface area contributed by atoms with Gasteiger partial charge < -0.3 is 14.4 Å². The maximum atomic E-state index is 13.7. The van der Waals surface area contributed by atoms with Crippen molar-refractivity contribution in [2.75, 3.05) is 24.5 Å². The first-order chi connectivity index (χ1) is 15.5. The van der Waals surface area contributed by atoms with Crippen molar-refractivity contribution in [3.05, 3.63) is 60.2 Å². The molecule has 2 fully saturated rings. The predicted molar refractivity (Wildman–Crippen MR) is 121 cm³/mol. The Balaban J connectivity index is 1.44. The van der Waals surface area contributed by atoms with Crippen molar-refractivity contribution in [3.8, 4) is 0 Å². The normalized spacial score (nSPS) is 19.8. The lowest BCUT2D eigenvalue weighted by molar-refractivity contribution is -0.133. The molecule has 3 heterocycles. The zero-order valence-corrected chi connectivity index (χ0v) is 18.2. The second-order valence-corrected chi connectivity index (χ2v) is 8.99. The Bertz CT molecular complexity index is 1170. The second-order valence-electron chi connectivity index (χ2n) is 8.99. The van der Waals surface area contributed by atoms with Crippen LogP contribution in [-0.4, -0.2) is 45.9 Å². The molecule has 2 amide bonds. The van der Waals surface area contributed by atoms with Gasteiger partial charge in [0, 0.05) is 37.7 Å². The van der Waals surface area contributed by atoms with Crippen molar-refractivity contribution in [1.29, 1.82) is 0 Å². The van der Waals surface area contributed by atoms with Crippen LogP contribution >= 0.6 is 0 Å². The molecule has 0 saturated carbocycles. The van der Waals surface area contributed by atoms with Crippen molar-refractivity contribution < 1.29 is 14.0 Å². The lowest BCUT2D eigenvalue weighted by Crippen LogP contribution is -2.40. The standard InChI is InChI=1S/C25H27FN4O2/c1-17-9-11-28(12-10-17)24(32)16-30-22-8-3-2-7-21(22)27-25(30)18-13-23(31)29(15-18)20-6-4-5-19(26)14-20/h2-8,14,17-18H,9-13,15-16H2,1H3. The molecule has 7 heteroatoms. The van der Waals surface area contributed by atoms with E-state index in [0.717, 1.165) is 42.8 Å². The Labute approximate surface area is 186 Å².